The summed E-state index contributed by atoms with van der Waals surface area (Å²) in [5.41, 5.74) is 5.81. The maximum atomic E-state index is 13.5. The molecule has 3 N–H and O–H groups in total. The molecule has 2 rings (SSSR count). The molecule has 0 spiro atoms. The van der Waals surface area contributed by atoms with Gasteiger partial charge in [0.15, 0.2) is 17.4 Å². The van der Waals surface area contributed by atoms with Crippen molar-refractivity contribution < 1.29 is 18.3 Å². The lowest BCUT2D eigenvalue weighted by Gasteiger charge is -2.12. The summed E-state index contributed by atoms with van der Waals surface area (Å²) >= 11 is 0. The zero-order valence-corrected chi connectivity index (χ0v) is 10.6. The van der Waals surface area contributed by atoms with Gasteiger partial charge in [-0.05, 0) is 19.3 Å². The number of halogens is 2. The van der Waals surface area contributed by atoms with E-state index in [1.54, 1.807) is 0 Å². The van der Waals surface area contributed by atoms with E-state index < -0.39 is 17.4 Å². The number of amides is 1. The van der Waals surface area contributed by atoms with Crippen LogP contribution in [-0.2, 0) is 4.79 Å². The van der Waals surface area contributed by atoms with Crippen molar-refractivity contribution >= 4 is 11.6 Å². The van der Waals surface area contributed by atoms with Crippen LogP contribution in [-0.4, -0.2) is 19.1 Å². The average molecular weight is 270 g/mol. The van der Waals surface area contributed by atoms with Crippen LogP contribution in [0.15, 0.2) is 12.1 Å². The largest absolute Gasteiger partial charge is 0.491 e. The van der Waals surface area contributed by atoms with E-state index in [4.69, 9.17) is 5.73 Å². The number of nitrogens with two attached hydrogens (primary N) is 1. The Morgan fingerprint density at radius 3 is 2.47 bits per heavy atom. The van der Waals surface area contributed by atoms with Crippen molar-refractivity contribution in [2.24, 2.45) is 11.7 Å². The molecule has 2 unspecified atom stereocenters. The number of anilines is 1. The fourth-order valence-electron chi connectivity index (χ4n) is 2.33. The van der Waals surface area contributed by atoms with Gasteiger partial charge in [0.2, 0.25) is 5.91 Å². The molecule has 1 aromatic carbocycles. The van der Waals surface area contributed by atoms with E-state index in [2.05, 4.69) is 10.1 Å². The average Bonchev–Trinajstić information content (AvgIpc) is 2.75. The molecule has 0 saturated heterocycles. The second kappa shape index (κ2) is 5.52. The molecule has 104 valence electrons. The highest BCUT2D eigenvalue weighted by Gasteiger charge is 2.28. The van der Waals surface area contributed by atoms with Crippen molar-refractivity contribution in [1.29, 1.82) is 0 Å². The fraction of sp³-hybridized carbons (Fsp3) is 0.462. The van der Waals surface area contributed by atoms with E-state index in [1.807, 2.05) is 0 Å². The van der Waals surface area contributed by atoms with E-state index >= 15 is 0 Å². The van der Waals surface area contributed by atoms with Crippen LogP contribution < -0.4 is 15.8 Å². The van der Waals surface area contributed by atoms with Crippen LogP contribution in [0.3, 0.4) is 0 Å². The topological polar surface area (TPSA) is 64.3 Å². The van der Waals surface area contributed by atoms with Crippen molar-refractivity contribution in [2.75, 3.05) is 12.4 Å². The molecule has 1 aromatic rings. The Morgan fingerprint density at radius 2 is 2.00 bits per heavy atom. The maximum Gasteiger partial charge on any atom is 0.227 e. The minimum absolute atomic E-state index is 0.0279. The highest BCUT2D eigenvalue weighted by atomic mass is 19.1. The van der Waals surface area contributed by atoms with Crippen molar-refractivity contribution in [1.82, 2.24) is 0 Å². The van der Waals surface area contributed by atoms with E-state index in [0.717, 1.165) is 18.6 Å². The van der Waals surface area contributed by atoms with Gasteiger partial charge in [-0.25, -0.2) is 8.78 Å². The summed E-state index contributed by atoms with van der Waals surface area (Å²) in [6.45, 7) is 0. The second-order valence-electron chi connectivity index (χ2n) is 4.73. The van der Waals surface area contributed by atoms with E-state index in [1.165, 1.54) is 7.11 Å². The summed E-state index contributed by atoms with van der Waals surface area (Å²) in [6.07, 6.45) is 2.10. The molecule has 0 radical (unpaired) electrons. The lowest BCUT2D eigenvalue weighted by molar-refractivity contribution is -0.119. The lowest BCUT2D eigenvalue weighted by atomic mass is 10.1. The predicted molar refractivity (Wildman–Crippen MR) is 66.9 cm³/mol. The number of benzene rings is 1. The molecule has 6 heteroatoms. The SMILES string of the molecule is COc1c(F)cc(NC(=O)C2CCC(N)C2)cc1F. The van der Waals surface area contributed by atoms with Gasteiger partial charge in [0, 0.05) is 29.8 Å². The Hall–Kier alpha value is -1.69. The van der Waals surface area contributed by atoms with Crippen LogP contribution in [0.4, 0.5) is 14.5 Å². The minimum Gasteiger partial charge on any atom is -0.491 e. The first-order valence-electron chi connectivity index (χ1n) is 6.10. The number of nitrogens with one attached hydrogen (secondary N) is 1. The predicted octanol–water partition coefficient (Wildman–Crippen LogP) is 2.04. The Bertz CT molecular complexity index is 471. The molecule has 0 aliphatic heterocycles. The van der Waals surface area contributed by atoms with Crippen LogP contribution in [0.5, 0.6) is 5.75 Å². The first kappa shape index (κ1) is 13.7. The number of methoxy groups -OCH3 is 1. The standard InChI is InChI=1S/C13H16F2N2O2/c1-19-12-10(14)5-9(6-11(12)15)17-13(18)7-2-3-8(16)4-7/h5-8H,2-4,16H2,1H3,(H,17,18). The molecule has 1 aliphatic rings. The van der Waals surface area contributed by atoms with Crippen molar-refractivity contribution in [3.05, 3.63) is 23.8 Å². The van der Waals surface area contributed by atoms with Crippen LogP contribution in [0, 0.1) is 17.6 Å². The molecule has 1 aliphatic carbocycles. The number of hydrogen-bond donors (Lipinski definition) is 2. The zero-order chi connectivity index (χ0) is 14.0. The molecule has 4 nitrogen and oxygen atoms in total. The van der Waals surface area contributed by atoms with Crippen LogP contribution in [0.1, 0.15) is 19.3 Å². The van der Waals surface area contributed by atoms with Gasteiger partial charge in [0.25, 0.3) is 0 Å². The Kier molecular flexibility index (Phi) is 3.99. The van der Waals surface area contributed by atoms with Crippen molar-refractivity contribution in [3.63, 3.8) is 0 Å². The summed E-state index contributed by atoms with van der Waals surface area (Å²) in [7, 11) is 1.18. The molecule has 1 fully saturated rings. The maximum absolute atomic E-state index is 13.5. The summed E-state index contributed by atoms with van der Waals surface area (Å²) < 4.78 is 31.5. The summed E-state index contributed by atoms with van der Waals surface area (Å²) in [4.78, 5) is 11.9. The van der Waals surface area contributed by atoms with Crippen LogP contribution in [0.2, 0.25) is 0 Å². The molecule has 0 aromatic heterocycles. The highest BCUT2D eigenvalue weighted by molar-refractivity contribution is 5.92. The van der Waals surface area contributed by atoms with Gasteiger partial charge in [0.05, 0.1) is 7.11 Å². The Morgan fingerprint density at radius 1 is 1.37 bits per heavy atom. The fourth-order valence-corrected chi connectivity index (χ4v) is 2.33. The van der Waals surface area contributed by atoms with Gasteiger partial charge in [-0.3, -0.25) is 4.79 Å². The number of carbonyl (C=O) groups is 1. The Balaban J connectivity index is 2.09. The number of hydrogen-bond acceptors (Lipinski definition) is 3. The molecular weight excluding hydrogens is 254 g/mol. The smallest absolute Gasteiger partial charge is 0.227 e. The third-order valence-corrected chi connectivity index (χ3v) is 3.31. The summed E-state index contributed by atoms with van der Waals surface area (Å²) in [5, 5.41) is 2.51. The van der Waals surface area contributed by atoms with Crippen LogP contribution >= 0.6 is 0 Å². The molecular formula is C13H16F2N2O2. The minimum atomic E-state index is -0.846. The third kappa shape index (κ3) is 3.01. The van der Waals surface area contributed by atoms with Crippen LogP contribution in [0.25, 0.3) is 0 Å². The van der Waals surface area contributed by atoms with Crippen molar-refractivity contribution in [2.45, 2.75) is 25.3 Å². The van der Waals surface area contributed by atoms with Gasteiger partial charge < -0.3 is 15.8 Å². The normalized spacial score (nSPS) is 22.3. The van der Waals surface area contributed by atoms with Gasteiger partial charge in [-0.1, -0.05) is 0 Å². The number of carbonyl (C=O) groups excluding carboxylic acids is 1. The van der Waals surface area contributed by atoms with E-state index in [0.29, 0.717) is 12.8 Å². The first-order valence-corrected chi connectivity index (χ1v) is 6.10. The van der Waals surface area contributed by atoms with Gasteiger partial charge >= 0.3 is 0 Å². The van der Waals surface area contributed by atoms with Gasteiger partial charge in [-0.15, -0.1) is 0 Å². The molecule has 1 saturated carbocycles. The third-order valence-electron chi connectivity index (χ3n) is 3.31. The monoisotopic (exact) mass is 270 g/mol. The summed E-state index contributed by atoms with van der Waals surface area (Å²) in [5.74, 6) is -2.59. The quantitative estimate of drug-likeness (QED) is 0.883. The second-order valence-corrected chi connectivity index (χ2v) is 4.73. The Labute approximate surface area is 109 Å². The zero-order valence-electron chi connectivity index (χ0n) is 10.6. The number of ether oxygens (including phenoxy) is 1. The highest BCUT2D eigenvalue weighted by Crippen LogP contribution is 2.28. The summed E-state index contributed by atoms with van der Waals surface area (Å²) in [6, 6.07) is 2.10. The van der Waals surface area contributed by atoms with Crippen molar-refractivity contribution in [3.8, 4) is 5.75 Å². The van der Waals surface area contributed by atoms with E-state index in [9.17, 15) is 13.6 Å². The van der Waals surface area contributed by atoms with Gasteiger partial charge in [-0.2, -0.15) is 0 Å². The van der Waals surface area contributed by atoms with Gasteiger partial charge in [0.1, 0.15) is 0 Å². The van der Waals surface area contributed by atoms with E-state index in [-0.39, 0.29) is 23.6 Å². The molecule has 0 bridgehead atoms. The molecule has 2 atom stereocenters. The number of rotatable bonds is 3. The first-order chi connectivity index (χ1) is 9.01. The molecule has 0 heterocycles. The molecule has 19 heavy (non-hydrogen) atoms. The molecule has 1 amide bonds. The lowest BCUT2D eigenvalue weighted by Crippen LogP contribution is -2.23.